The van der Waals surface area contributed by atoms with Gasteiger partial charge in [-0.25, -0.2) is 4.98 Å². The number of aryl methyl sites for hydroxylation is 1. The highest BCUT2D eigenvalue weighted by molar-refractivity contribution is 7.99. The molecular formula is C16H14ClN5OS. The summed E-state index contributed by atoms with van der Waals surface area (Å²) in [7, 11) is 0. The highest BCUT2D eigenvalue weighted by atomic mass is 35.5. The molecule has 2 heterocycles. The van der Waals surface area contributed by atoms with Crippen LogP contribution in [0.3, 0.4) is 0 Å². The minimum Gasteiger partial charge on any atom is -0.325 e. The van der Waals surface area contributed by atoms with Crippen molar-refractivity contribution in [3.05, 3.63) is 53.3 Å². The number of rotatable bonds is 5. The van der Waals surface area contributed by atoms with Crippen molar-refractivity contribution in [2.24, 2.45) is 0 Å². The third kappa shape index (κ3) is 4.12. The van der Waals surface area contributed by atoms with Crippen LogP contribution in [0.1, 0.15) is 5.56 Å². The second-order valence-corrected chi connectivity index (χ2v) is 6.38. The summed E-state index contributed by atoms with van der Waals surface area (Å²) >= 11 is 7.21. The predicted octanol–water partition coefficient (Wildman–Crippen LogP) is 3.56. The lowest BCUT2D eigenvalue weighted by Crippen LogP contribution is -2.14. The van der Waals surface area contributed by atoms with Crippen LogP contribution in [0.5, 0.6) is 0 Å². The highest BCUT2D eigenvalue weighted by Crippen LogP contribution is 2.22. The molecule has 0 fully saturated rings. The van der Waals surface area contributed by atoms with E-state index in [-0.39, 0.29) is 11.7 Å². The van der Waals surface area contributed by atoms with E-state index in [0.717, 1.165) is 11.1 Å². The molecule has 0 unspecified atom stereocenters. The minimum absolute atomic E-state index is 0.138. The number of anilines is 1. The van der Waals surface area contributed by atoms with E-state index in [1.54, 1.807) is 24.5 Å². The molecule has 0 atom stereocenters. The number of benzene rings is 1. The molecule has 0 aliphatic carbocycles. The summed E-state index contributed by atoms with van der Waals surface area (Å²) in [6.07, 6.45) is 3.37. The molecule has 0 aliphatic rings. The molecule has 0 aliphatic heterocycles. The standard InChI is InChI=1S/C16H14ClN5OS/c1-10-2-3-12(17)8-13(10)19-14(23)9-24-16-20-15(21-22-16)11-4-6-18-7-5-11/h2-8H,9H2,1H3,(H,19,23)(H,20,21,22). The number of aromatic amines is 1. The molecule has 0 bridgehead atoms. The van der Waals surface area contributed by atoms with Crippen LogP contribution in [0.4, 0.5) is 5.69 Å². The molecule has 3 aromatic rings. The third-order valence-electron chi connectivity index (χ3n) is 3.22. The number of hydrogen-bond donors (Lipinski definition) is 2. The number of thioether (sulfide) groups is 1. The Labute approximate surface area is 148 Å². The zero-order valence-corrected chi connectivity index (χ0v) is 14.4. The summed E-state index contributed by atoms with van der Waals surface area (Å²) < 4.78 is 0. The summed E-state index contributed by atoms with van der Waals surface area (Å²) in [6.45, 7) is 1.91. The SMILES string of the molecule is Cc1ccc(Cl)cc1NC(=O)CSc1n[nH]c(-c2ccncc2)n1. The van der Waals surface area contributed by atoms with Crippen molar-refractivity contribution in [2.75, 3.05) is 11.1 Å². The monoisotopic (exact) mass is 359 g/mol. The molecule has 122 valence electrons. The Morgan fingerprint density at radius 3 is 2.88 bits per heavy atom. The minimum atomic E-state index is -0.138. The van der Waals surface area contributed by atoms with Gasteiger partial charge >= 0.3 is 0 Å². The van der Waals surface area contributed by atoms with Crippen molar-refractivity contribution < 1.29 is 4.79 Å². The zero-order valence-electron chi connectivity index (χ0n) is 12.8. The van der Waals surface area contributed by atoms with Crippen molar-refractivity contribution in [3.8, 4) is 11.4 Å². The fourth-order valence-corrected chi connectivity index (χ4v) is 2.77. The number of amides is 1. The average molecular weight is 360 g/mol. The van der Waals surface area contributed by atoms with Crippen LogP contribution >= 0.6 is 23.4 Å². The van der Waals surface area contributed by atoms with E-state index in [1.165, 1.54) is 11.8 Å². The van der Waals surface area contributed by atoms with Crippen molar-refractivity contribution >= 4 is 35.0 Å². The Balaban J connectivity index is 1.59. The molecule has 0 saturated heterocycles. The number of nitrogens with one attached hydrogen (secondary N) is 2. The Hall–Kier alpha value is -2.38. The topological polar surface area (TPSA) is 83.6 Å². The smallest absolute Gasteiger partial charge is 0.234 e. The maximum atomic E-state index is 12.1. The molecule has 6 nitrogen and oxygen atoms in total. The van der Waals surface area contributed by atoms with Gasteiger partial charge in [-0.05, 0) is 36.8 Å². The van der Waals surface area contributed by atoms with E-state index in [9.17, 15) is 4.79 Å². The second-order valence-electron chi connectivity index (χ2n) is 5.00. The summed E-state index contributed by atoms with van der Waals surface area (Å²) in [4.78, 5) is 20.4. The molecule has 0 spiro atoms. The number of carbonyl (C=O) groups excluding carboxylic acids is 1. The van der Waals surface area contributed by atoms with E-state index < -0.39 is 0 Å². The fraction of sp³-hybridized carbons (Fsp3) is 0.125. The van der Waals surface area contributed by atoms with E-state index in [1.807, 2.05) is 25.1 Å². The van der Waals surface area contributed by atoms with Gasteiger partial charge < -0.3 is 5.32 Å². The van der Waals surface area contributed by atoms with Crippen LogP contribution in [0.15, 0.2) is 47.9 Å². The fourth-order valence-electron chi connectivity index (χ4n) is 2.00. The van der Waals surface area contributed by atoms with Gasteiger partial charge in [0.15, 0.2) is 5.82 Å². The number of pyridine rings is 1. The van der Waals surface area contributed by atoms with Gasteiger partial charge in [0, 0.05) is 28.7 Å². The van der Waals surface area contributed by atoms with Crippen LogP contribution in [0.2, 0.25) is 5.02 Å². The number of nitrogens with zero attached hydrogens (tertiary/aromatic N) is 3. The van der Waals surface area contributed by atoms with Crippen LogP contribution in [0, 0.1) is 6.92 Å². The van der Waals surface area contributed by atoms with E-state index >= 15 is 0 Å². The maximum absolute atomic E-state index is 12.1. The van der Waals surface area contributed by atoms with Gasteiger partial charge in [-0.1, -0.05) is 29.4 Å². The highest BCUT2D eigenvalue weighted by Gasteiger charge is 2.10. The van der Waals surface area contributed by atoms with Gasteiger partial charge in [0.2, 0.25) is 11.1 Å². The number of carbonyl (C=O) groups is 1. The summed E-state index contributed by atoms with van der Waals surface area (Å²) in [5.41, 5.74) is 2.56. The first-order valence-corrected chi connectivity index (χ1v) is 8.50. The Morgan fingerprint density at radius 2 is 2.08 bits per heavy atom. The maximum Gasteiger partial charge on any atom is 0.234 e. The Kier molecular flexibility index (Phi) is 5.12. The summed E-state index contributed by atoms with van der Waals surface area (Å²) in [6, 6.07) is 9.05. The first kappa shape index (κ1) is 16.5. The molecule has 24 heavy (non-hydrogen) atoms. The van der Waals surface area contributed by atoms with E-state index in [0.29, 0.717) is 21.7 Å². The van der Waals surface area contributed by atoms with Gasteiger partial charge in [0.25, 0.3) is 0 Å². The Morgan fingerprint density at radius 1 is 1.29 bits per heavy atom. The summed E-state index contributed by atoms with van der Waals surface area (Å²) in [5, 5.41) is 10.9. The lowest BCUT2D eigenvalue weighted by atomic mass is 10.2. The molecule has 2 aromatic heterocycles. The predicted molar refractivity (Wildman–Crippen MR) is 95.2 cm³/mol. The molecule has 3 rings (SSSR count). The van der Waals surface area contributed by atoms with Crippen LogP contribution < -0.4 is 5.32 Å². The van der Waals surface area contributed by atoms with Crippen molar-refractivity contribution in [1.82, 2.24) is 20.2 Å². The van der Waals surface area contributed by atoms with Gasteiger partial charge in [-0.3, -0.25) is 14.9 Å². The van der Waals surface area contributed by atoms with Gasteiger partial charge in [-0.2, -0.15) is 0 Å². The van der Waals surface area contributed by atoms with Crippen LogP contribution in [-0.2, 0) is 4.79 Å². The van der Waals surface area contributed by atoms with Crippen LogP contribution in [-0.4, -0.2) is 31.8 Å². The van der Waals surface area contributed by atoms with Crippen molar-refractivity contribution in [1.29, 1.82) is 0 Å². The molecule has 0 saturated carbocycles. The number of halogens is 1. The van der Waals surface area contributed by atoms with Gasteiger partial charge in [0.1, 0.15) is 0 Å². The molecular weight excluding hydrogens is 346 g/mol. The molecule has 0 radical (unpaired) electrons. The number of aromatic nitrogens is 4. The molecule has 1 aromatic carbocycles. The number of H-pyrrole nitrogens is 1. The van der Waals surface area contributed by atoms with Gasteiger partial charge in [0.05, 0.1) is 5.75 Å². The van der Waals surface area contributed by atoms with E-state index in [4.69, 9.17) is 11.6 Å². The molecule has 2 N–H and O–H groups in total. The lowest BCUT2D eigenvalue weighted by molar-refractivity contribution is -0.113. The molecule has 1 amide bonds. The van der Waals surface area contributed by atoms with Crippen LogP contribution in [0.25, 0.3) is 11.4 Å². The average Bonchev–Trinajstić information content (AvgIpc) is 3.06. The quantitative estimate of drug-likeness (QED) is 0.680. The Bertz CT molecular complexity index is 853. The van der Waals surface area contributed by atoms with Crippen molar-refractivity contribution in [2.45, 2.75) is 12.1 Å². The normalized spacial score (nSPS) is 10.6. The van der Waals surface area contributed by atoms with E-state index in [2.05, 4.69) is 25.5 Å². The largest absolute Gasteiger partial charge is 0.325 e. The molecule has 8 heteroatoms. The first-order chi connectivity index (χ1) is 11.6. The second kappa shape index (κ2) is 7.46. The number of hydrogen-bond acceptors (Lipinski definition) is 5. The third-order valence-corrected chi connectivity index (χ3v) is 4.31. The lowest BCUT2D eigenvalue weighted by Gasteiger charge is -2.07. The van der Waals surface area contributed by atoms with Crippen molar-refractivity contribution in [3.63, 3.8) is 0 Å². The first-order valence-electron chi connectivity index (χ1n) is 7.13. The van der Waals surface area contributed by atoms with Gasteiger partial charge in [-0.15, -0.1) is 5.10 Å². The zero-order chi connectivity index (χ0) is 16.9. The summed E-state index contributed by atoms with van der Waals surface area (Å²) in [5.74, 6) is 0.714.